The topological polar surface area (TPSA) is 129 Å². The summed E-state index contributed by atoms with van der Waals surface area (Å²) in [7, 11) is 0. The largest absolute Gasteiger partial charge is 0.467 e. The lowest BCUT2D eigenvalue weighted by molar-refractivity contribution is -0.153. The molecule has 0 aliphatic carbocycles. The van der Waals surface area contributed by atoms with Crippen LogP contribution in [0.1, 0.15) is 12.0 Å². The zero-order valence-corrected chi connectivity index (χ0v) is 23.7. The van der Waals surface area contributed by atoms with Crippen LogP contribution >= 0.6 is 0 Å². The quantitative estimate of drug-likeness (QED) is 0.138. The Morgan fingerprint density at radius 1 is 0.756 bits per heavy atom. The Kier molecular flexibility index (Phi) is 8.34. The Labute approximate surface area is 256 Å². The number of imide groups is 2. The summed E-state index contributed by atoms with van der Waals surface area (Å²) in [6, 6.07) is 28.0. The Balaban J connectivity index is 1.10. The predicted molar refractivity (Wildman–Crippen MR) is 160 cm³/mol. The number of ether oxygens (including phenoxy) is 3. The molecule has 4 aromatic carbocycles. The van der Waals surface area contributed by atoms with Crippen molar-refractivity contribution in [1.29, 1.82) is 0 Å². The maximum atomic E-state index is 13.6. The molecule has 1 saturated heterocycles. The second-order valence-electron chi connectivity index (χ2n) is 10.1. The SMILES string of the molecule is O=C1NC(=O)C(CCOCc2ccccc2)(Oc2ccc(Oc3ccc(-c4nc(-c5cccc(F)c5)co4)cc3)cc2)C(=O)N1. The molecule has 5 aromatic rings. The van der Waals surface area contributed by atoms with Gasteiger partial charge in [-0.05, 0) is 66.2 Å². The second kappa shape index (κ2) is 12.8. The number of carbonyl (C=O) groups is 3. The third-order valence-corrected chi connectivity index (χ3v) is 6.98. The number of nitrogens with zero attached hydrogens (tertiary/aromatic N) is 1. The molecule has 6 rings (SSSR count). The van der Waals surface area contributed by atoms with Crippen molar-refractivity contribution in [2.45, 2.75) is 18.6 Å². The summed E-state index contributed by atoms with van der Waals surface area (Å²) < 4.78 is 36.7. The Bertz CT molecular complexity index is 1800. The van der Waals surface area contributed by atoms with Gasteiger partial charge in [0.1, 0.15) is 35.0 Å². The van der Waals surface area contributed by atoms with Crippen molar-refractivity contribution in [2.24, 2.45) is 0 Å². The number of hydrogen-bond donors (Lipinski definition) is 2. The minimum Gasteiger partial charge on any atom is -0.467 e. The monoisotopic (exact) mass is 607 g/mol. The van der Waals surface area contributed by atoms with Crippen molar-refractivity contribution >= 4 is 17.8 Å². The fraction of sp³-hybridized carbons (Fsp3) is 0.118. The molecule has 1 aliphatic rings. The number of aromatic nitrogens is 1. The minimum absolute atomic E-state index is 0.0146. The highest BCUT2D eigenvalue weighted by atomic mass is 19.1. The van der Waals surface area contributed by atoms with Crippen molar-refractivity contribution < 1.29 is 37.4 Å². The van der Waals surface area contributed by atoms with Gasteiger partial charge in [-0.1, -0.05) is 42.5 Å². The van der Waals surface area contributed by atoms with Gasteiger partial charge in [0.2, 0.25) is 5.89 Å². The smallest absolute Gasteiger partial charge is 0.328 e. The lowest BCUT2D eigenvalue weighted by Crippen LogP contribution is -2.69. The van der Waals surface area contributed by atoms with E-state index in [1.165, 1.54) is 18.4 Å². The van der Waals surface area contributed by atoms with Crippen LogP contribution in [0.2, 0.25) is 0 Å². The molecule has 0 saturated carbocycles. The van der Waals surface area contributed by atoms with Crippen LogP contribution in [-0.2, 0) is 20.9 Å². The molecule has 10 nitrogen and oxygen atoms in total. The first kappa shape index (κ1) is 29.3. The lowest BCUT2D eigenvalue weighted by Gasteiger charge is -2.34. The Morgan fingerprint density at radius 3 is 2.11 bits per heavy atom. The van der Waals surface area contributed by atoms with Crippen LogP contribution in [0, 0.1) is 5.82 Å². The number of urea groups is 1. The Hall–Kier alpha value is -5.81. The third kappa shape index (κ3) is 6.73. The highest BCUT2D eigenvalue weighted by Crippen LogP contribution is 2.31. The fourth-order valence-electron chi connectivity index (χ4n) is 4.66. The van der Waals surface area contributed by atoms with E-state index in [1.807, 2.05) is 30.3 Å². The molecule has 0 radical (unpaired) electrons. The molecular weight excluding hydrogens is 581 g/mol. The van der Waals surface area contributed by atoms with Gasteiger partial charge >= 0.3 is 6.03 Å². The molecule has 226 valence electrons. The van der Waals surface area contributed by atoms with Gasteiger partial charge in [-0.3, -0.25) is 20.2 Å². The number of halogens is 1. The van der Waals surface area contributed by atoms with Crippen LogP contribution in [0.3, 0.4) is 0 Å². The number of oxazole rings is 1. The van der Waals surface area contributed by atoms with Crippen molar-refractivity contribution in [2.75, 3.05) is 6.61 Å². The highest BCUT2D eigenvalue weighted by molar-refractivity contribution is 6.21. The molecule has 2 heterocycles. The molecule has 0 bridgehead atoms. The van der Waals surface area contributed by atoms with Gasteiger partial charge in [-0.2, -0.15) is 0 Å². The fourth-order valence-corrected chi connectivity index (χ4v) is 4.66. The number of rotatable bonds is 11. The van der Waals surface area contributed by atoms with E-state index in [4.69, 9.17) is 18.6 Å². The van der Waals surface area contributed by atoms with Crippen molar-refractivity contribution in [1.82, 2.24) is 15.6 Å². The molecule has 11 heteroatoms. The molecule has 45 heavy (non-hydrogen) atoms. The second-order valence-corrected chi connectivity index (χ2v) is 10.1. The maximum Gasteiger partial charge on any atom is 0.328 e. The van der Waals surface area contributed by atoms with Gasteiger partial charge in [0.25, 0.3) is 17.4 Å². The minimum atomic E-state index is -2.02. The number of nitrogens with one attached hydrogen (secondary N) is 2. The van der Waals surface area contributed by atoms with Crippen molar-refractivity contribution in [3.05, 3.63) is 121 Å². The number of amides is 4. The van der Waals surface area contributed by atoms with Crippen molar-refractivity contribution in [3.63, 3.8) is 0 Å². The van der Waals surface area contributed by atoms with Crippen LogP contribution in [-0.4, -0.2) is 35.0 Å². The molecule has 1 aromatic heterocycles. The van der Waals surface area contributed by atoms with E-state index in [-0.39, 0.29) is 31.2 Å². The van der Waals surface area contributed by atoms with Gasteiger partial charge in [0.15, 0.2) is 0 Å². The van der Waals surface area contributed by atoms with Gasteiger partial charge in [0, 0.05) is 17.5 Å². The summed E-state index contributed by atoms with van der Waals surface area (Å²) >= 11 is 0. The molecule has 0 unspecified atom stereocenters. The summed E-state index contributed by atoms with van der Waals surface area (Å²) in [6.45, 7) is 0.292. The molecular formula is C34H26FN3O7. The number of hydrogen-bond acceptors (Lipinski definition) is 8. The zero-order chi connectivity index (χ0) is 31.2. The number of carbonyl (C=O) groups excluding carboxylic acids is 3. The number of barbiturate groups is 1. The van der Waals surface area contributed by atoms with Crippen LogP contribution in [0.15, 0.2) is 114 Å². The van der Waals surface area contributed by atoms with E-state index in [0.29, 0.717) is 34.2 Å². The van der Waals surface area contributed by atoms with E-state index in [9.17, 15) is 18.8 Å². The van der Waals surface area contributed by atoms with E-state index in [1.54, 1.807) is 60.7 Å². The molecule has 0 spiro atoms. The summed E-state index contributed by atoms with van der Waals surface area (Å²) in [4.78, 5) is 42.0. The standard InChI is InChI=1S/C34H26FN3O7/c35-25-8-4-7-24(19-25)29-21-43-30(36-29)23-9-11-26(12-10-23)44-27-13-15-28(16-14-27)45-34(31(39)37-33(41)38-32(34)40)17-18-42-20-22-5-2-1-3-6-22/h1-16,19,21H,17-18,20H2,(H2,37,38,39,40,41). The highest BCUT2D eigenvalue weighted by Gasteiger charge is 2.52. The first-order chi connectivity index (χ1) is 21.9. The summed E-state index contributed by atoms with van der Waals surface area (Å²) in [5.74, 6) is -0.544. The van der Waals surface area contributed by atoms with Gasteiger partial charge in [-0.15, -0.1) is 0 Å². The maximum absolute atomic E-state index is 13.6. The normalized spacial score (nSPS) is 14.0. The number of benzene rings is 4. The van der Waals surface area contributed by atoms with Crippen LogP contribution in [0.25, 0.3) is 22.7 Å². The first-order valence-electron chi connectivity index (χ1n) is 14.0. The lowest BCUT2D eigenvalue weighted by atomic mass is 9.95. The summed E-state index contributed by atoms with van der Waals surface area (Å²) in [5.41, 5.74) is 0.741. The molecule has 2 N–H and O–H groups in total. The van der Waals surface area contributed by atoms with Gasteiger partial charge < -0.3 is 18.6 Å². The third-order valence-electron chi connectivity index (χ3n) is 6.98. The zero-order valence-electron chi connectivity index (χ0n) is 23.7. The van der Waals surface area contributed by atoms with E-state index < -0.39 is 23.4 Å². The van der Waals surface area contributed by atoms with Gasteiger partial charge in [-0.25, -0.2) is 14.2 Å². The van der Waals surface area contributed by atoms with Gasteiger partial charge in [0.05, 0.1) is 13.2 Å². The van der Waals surface area contributed by atoms with Crippen LogP contribution in [0.4, 0.5) is 9.18 Å². The summed E-state index contributed by atoms with van der Waals surface area (Å²) in [6.07, 6.45) is 1.34. The van der Waals surface area contributed by atoms with E-state index in [0.717, 1.165) is 5.56 Å². The van der Waals surface area contributed by atoms with Crippen LogP contribution < -0.4 is 20.1 Å². The van der Waals surface area contributed by atoms with Crippen molar-refractivity contribution in [3.8, 4) is 40.0 Å². The molecule has 1 fully saturated rings. The summed E-state index contributed by atoms with van der Waals surface area (Å²) in [5, 5.41) is 4.22. The Morgan fingerprint density at radius 2 is 1.42 bits per heavy atom. The predicted octanol–water partition coefficient (Wildman–Crippen LogP) is 6.03. The van der Waals surface area contributed by atoms with Crippen LogP contribution in [0.5, 0.6) is 17.2 Å². The molecule has 0 atom stereocenters. The first-order valence-corrected chi connectivity index (χ1v) is 14.0. The average Bonchev–Trinajstić information content (AvgIpc) is 3.54. The molecule has 4 amide bonds. The van der Waals surface area contributed by atoms with E-state index >= 15 is 0 Å². The van der Waals surface area contributed by atoms with E-state index in [2.05, 4.69) is 15.6 Å². The molecule has 1 aliphatic heterocycles. The average molecular weight is 608 g/mol.